The zero-order valence-corrected chi connectivity index (χ0v) is 17.6. The minimum absolute atomic E-state index is 0.0152. The van der Waals surface area contributed by atoms with Crippen molar-refractivity contribution in [1.82, 2.24) is 5.32 Å². The van der Waals surface area contributed by atoms with Gasteiger partial charge in [0.1, 0.15) is 0 Å². The van der Waals surface area contributed by atoms with Gasteiger partial charge in [-0.25, -0.2) is 0 Å². The summed E-state index contributed by atoms with van der Waals surface area (Å²) in [5, 5.41) is -0.930. The molecule has 2 aliphatic rings. The number of imide groups is 1. The van der Waals surface area contributed by atoms with Crippen LogP contribution in [-0.2, 0) is 15.8 Å². The number of hydrogen-bond donors (Lipinski definition) is 1. The first-order valence-corrected chi connectivity index (χ1v) is 10.5. The molecule has 1 aliphatic carbocycles. The molecule has 1 aliphatic heterocycles. The average molecular weight is 450 g/mol. The minimum Gasteiger partial charge on any atom is -0.352 e. The lowest BCUT2D eigenvalue weighted by Gasteiger charge is -2.47. The van der Waals surface area contributed by atoms with Gasteiger partial charge in [0.05, 0.1) is 26.9 Å². The van der Waals surface area contributed by atoms with Crippen LogP contribution in [0, 0.1) is 5.92 Å². The van der Waals surface area contributed by atoms with Crippen molar-refractivity contribution < 1.29 is 27.6 Å². The number of nitrogens with zero attached hydrogens (tertiary/aromatic N) is 1. The van der Waals surface area contributed by atoms with Crippen LogP contribution in [0.4, 0.5) is 18.9 Å². The van der Waals surface area contributed by atoms with Crippen molar-refractivity contribution in [2.24, 2.45) is 5.92 Å². The number of fused-ring (bicyclic) bond motifs is 1. The molecular weight excluding hydrogens is 431 g/mol. The lowest BCUT2D eigenvalue weighted by Crippen LogP contribution is -2.47. The number of rotatable bonds is 4. The Kier molecular flexibility index (Phi) is 5.66. The smallest absolute Gasteiger partial charge is 0.352 e. The molecule has 166 valence electrons. The summed E-state index contributed by atoms with van der Waals surface area (Å²) >= 11 is 0. The Balaban J connectivity index is 1.64. The Bertz CT molecular complexity index is 1110. The number of anilines is 1. The molecule has 33 heavy (non-hydrogen) atoms. The maximum atomic E-state index is 13.5. The van der Waals surface area contributed by atoms with Gasteiger partial charge in [-0.1, -0.05) is 30.7 Å². The Morgan fingerprint density at radius 1 is 1.06 bits per heavy atom. The van der Waals surface area contributed by atoms with Crippen LogP contribution in [0.3, 0.4) is 0 Å². The molecule has 1 N–H and O–H groups in total. The molecule has 2 fully saturated rings. The summed E-state index contributed by atoms with van der Waals surface area (Å²) < 4.78 is 39.6. The SMILES string of the molecule is [B][C@@]12CCCC(CNC(=O)c3ccccc3)[C@]1([B])C(=O)N(c1cccc(C(F)(F)F)c1)C2=O. The van der Waals surface area contributed by atoms with Gasteiger partial charge in [0, 0.05) is 22.7 Å². The van der Waals surface area contributed by atoms with Crippen LogP contribution in [0.15, 0.2) is 54.6 Å². The second kappa shape index (κ2) is 8.08. The molecule has 1 unspecified atom stereocenters. The Morgan fingerprint density at radius 2 is 1.76 bits per heavy atom. The van der Waals surface area contributed by atoms with Crippen LogP contribution in [0.2, 0.25) is 10.6 Å². The molecule has 4 radical (unpaired) electrons. The molecule has 0 bridgehead atoms. The molecule has 2 aromatic carbocycles. The largest absolute Gasteiger partial charge is 0.416 e. The van der Waals surface area contributed by atoms with Crippen LogP contribution in [-0.4, -0.2) is 40.0 Å². The van der Waals surface area contributed by atoms with E-state index in [1.807, 2.05) is 0 Å². The summed E-state index contributed by atoms with van der Waals surface area (Å²) in [6, 6.07) is 12.4. The van der Waals surface area contributed by atoms with Crippen molar-refractivity contribution in [2.75, 3.05) is 11.4 Å². The molecular formula is C23H19B2F3N2O3. The molecule has 3 atom stereocenters. The molecule has 3 amide bonds. The predicted molar refractivity (Wildman–Crippen MR) is 117 cm³/mol. The van der Waals surface area contributed by atoms with Gasteiger partial charge >= 0.3 is 6.18 Å². The van der Waals surface area contributed by atoms with Gasteiger partial charge < -0.3 is 5.32 Å². The molecule has 1 saturated heterocycles. The van der Waals surface area contributed by atoms with Crippen LogP contribution in [0.1, 0.15) is 35.2 Å². The first-order valence-electron chi connectivity index (χ1n) is 10.5. The van der Waals surface area contributed by atoms with Gasteiger partial charge in [0.2, 0.25) is 11.8 Å². The van der Waals surface area contributed by atoms with Crippen molar-refractivity contribution in [1.29, 1.82) is 0 Å². The maximum Gasteiger partial charge on any atom is 0.416 e. The topological polar surface area (TPSA) is 66.5 Å². The van der Waals surface area contributed by atoms with Gasteiger partial charge in [-0.3, -0.25) is 19.3 Å². The summed E-state index contributed by atoms with van der Waals surface area (Å²) in [7, 11) is 13.0. The first-order chi connectivity index (χ1) is 15.5. The van der Waals surface area contributed by atoms with E-state index < -0.39 is 40.1 Å². The molecule has 1 saturated carbocycles. The summed E-state index contributed by atoms with van der Waals surface area (Å²) in [4.78, 5) is 39.9. The van der Waals surface area contributed by atoms with E-state index in [1.165, 1.54) is 6.07 Å². The minimum atomic E-state index is -4.65. The van der Waals surface area contributed by atoms with Gasteiger partial charge in [0.25, 0.3) is 5.91 Å². The highest BCUT2D eigenvalue weighted by Crippen LogP contribution is 2.66. The van der Waals surface area contributed by atoms with E-state index in [2.05, 4.69) is 5.32 Å². The predicted octanol–water partition coefficient (Wildman–Crippen LogP) is 3.46. The van der Waals surface area contributed by atoms with E-state index in [4.69, 9.17) is 15.7 Å². The van der Waals surface area contributed by atoms with Crippen molar-refractivity contribution in [3.8, 4) is 0 Å². The summed E-state index contributed by atoms with van der Waals surface area (Å²) in [5.74, 6) is -2.77. The zero-order chi connectivity index (χ0) is 24.0. The van der Waals surface area contributed by atoms with Gasteiger partial charge in [-0.15, -0.1) is 0 Å². The van der Waals surface area contributed by atoms with Crippen molar-refractivity contribution in [2.45, 2.75) is 36.1 Å². The standard InChI is InChI=1S/C23H19B2F3N2O3/c24-21-11-5-9-16(13-29-18(31)14-6-2-1-3-7-14)22(21,25)20(33)30(19(21)32)17-10-4-8-15(12-17)23(26,27)28/h1-4,6-8,10,12,16H,5,9,11,13H2,(H,29,31)/t16?,21-,22+/m1/s1. The number of hydrogen-bond acceptors (Lipinski definition) is 3. The third-order valence-electron chi connectivity index (χ3n) is 6.62. The fourth-order valence-electron chi connectivity index (χ4n) is 4.78. The van der Waals surface area contributed by atoms with Crippen molar-refractivity contribution in [3.63, 3.8) is 0 Å². The van der Waals surface area contributed by atoms with Crippen LogP contribution >= 0.6 is 0 Å². The van der Waals surface area contributed by atoms with Gasteiger partial charge in [0.15, 0.2) is 0 Å². The summed E-state index contributed by atoms with van der Waals surface area (Å²) in [6.45, 7) is -0.0152. The normalized spacial score (nSPS) is 27.4. The molecule has 0 aromatic heterocycles. The average Bonchev–Trinajstić information content (AvgIpc) is 2.95. The van der Waals surface area contributed by atoms with Crippen LogP contribution in [0.25, 0.3) is 0 Å². The Morgan fingerprint density at radius 3 is 2.42 bits per heavy atom. The second-order valence-electron chi connectivity index (χ2n) is 8.50. The molecule has 0 spiro atoms. The number of carbonyl (C=O) groups excluding carboxylic acids is 3. The molecule has 4 rings (SSSR count). The Labute approximate surface area is 191 Å². The highest BCUT2D eigenvalue weighted by atomic mass is 19.4. The fourth-order valence-corrected chi connectivity index (χ4v) is 4.78. The fraction of sp³-hybridized carbons (Fsp3) is 0.348. The van der Waals surface area contributed by atoms with Gasteiger partial charge in [-0.05, 0) is 49.1 Å². The van der Waals surface area contributed by atoms with E-state index >= 15 is 0 Å². The molecule has 5 nitrogen and oxygen atoms in total. The third kappa shape index (κ3) is 3.65. The van der Waals surface area contributed by atoms with Crippen LogP contribution < -0.4 is 10.2 Å². The number of halogens is 3. The number of benzene rings is 2. The molecule has 2 aromatic rings. The highest BCUT2D eigenvalue weighted by Gasteiger charge is 2.67. The number of amides is 3. The van der Waals surface area contributed by atoms with E-state index in [9.17, 15) is 27.6 Å². The summed E-state index contributed by atoms with van der Waals surface area (Å²) in [5.41, 5.74) is -0.826. The van der Waals surface area contributed by atoms with Crippen LogP contribution in [0.5, 0.6) is 0 Å². The lowest BCUT2D eigenvalue weighted by atomic mass is 9.37. The van der Waals surface area contributed by atoms with E-state index in [-0.39, 0.29) is 24.6 Å². The summed E-state index contributed by atoms with van der Waals surface area (Å²) in [6.07, 6.45) is -3.66. The number of carbonyl (C=O) groups is 3. The highest BCUT2D eigenvalue weighted by molar-refractivity contribution is 6.53. The van der Waals surface area contributed by atoms with E-state index in [0.29, 0.717) is 23.3 Å². The van der Waals surface area contributed by atoms with Crippen molar-refractivity contribution in [3.05, 3.63) is 65.7 Å². The van der Waals surface area contributed by atoms with E-state index in [0.717, 1.165) is 18.2 Å². The number of nitrogens with one attached hydrogen (secondary N) is 1. The monoisotopic (exact) mass is 450 g/mol. The van der Waals surface area contributed by atoms with E-state index in [1.54, 1.807) is 30.3 Å². The molecule has 10 heteroatoms. The second-order valence-corrected chi connectivity index (χ2v) is 8.50. The van der Waals surface area contributed by atoms with Crippen molar-refractivity contribution >= 4 is 39.1 Å². The maximum absolute atomic E-state index is 13.5. The quantitative estimate of drug-likeness (QED) is 0.574. The van der Waals surface area contributed by atoms with Gasteiger partial charge in [-0.2, -0.15) is 13.2 Å². The Hall–Kier alpha value is -3.03. The zero-order valence-electron chi connectivity index (χ0n) is 17.6. The third-order valence-corrected chi connectivity index (χ3v) is 6.62. The lowest BCUT2D eigenvalue weighted by molar-refractivity contribution is -0.137. The first kappa shape index (κ1) is 23.1. The molecule has 1 heterocycles. The number of alkyl halides is 3.